The van der Waals surface area contributed by atoms with Crippen LogP contribution in [0.2, 0.25) is 0 Å². The maximum absolute atomic E-state index is 13.3. The van der Waals surface area contributed by atoms with Gasteiger partial charge in [-0.25, -0.2) is 0 Å². The maximum atomic E-state index is 13.3. The van der Waals surface area contributed by atoms with E-state index in [0.29, 0.717) is 26.1 Å². The molecule has 2 aliphatic heterocycles. The Kier molecular flexibility index (Phi) is 5.50. The van der Waals surface area contributed by atoms with Crippen LogP contribution in [0.5, 0.6) is 0 Å². The van der Waals surface area contributed by atoms with Gasteiger partial charge in [0.05, 0.1) is 19.7 Å². The molecule has 0 radical (unpaired) electrons. The minimum absolute atomic E-state index is 0.130. The number of hydrogen-bond acceptors (Lipinski definition) is 5. The molecule has 27 heavy (non-hydrogen) atoms. The van der Waals surface area contributed by atoms with Crippen LogP contribution >= 0.6 is 0 Å². The van der Waals surface area contributed by atoms with Crippen molar-refractivity contribution in [3.8, 4) is 0 Å². The van der Waals surface area contributed by atoms with Crippen molar-refractivity contribution in [2.45, 2.75) is 38.4 Å². The van der Waals surface area contributed by atoms with Crippen LogP contribution in [-0.2, 0) is 29.0 Å². The fourth-order valence-electron chi connectivity index (χ4n) is 4.05. The standard InChI is InChI=1S/C20H27N5O2/c1-27-12-11-24-15-19-22-21-18(14-23-9-5-6-10-23)25(19)17(20(24)26)13-16-7-3-2-4-8-16/h2-4,7-8,17H,5-6,9-15H2,1H3/t17-/m1/s1. The molecule has 2 aromatic rings. The average molecular weight is 369 g/mol. The molecule has 1 aromatic heterocycles. The summed E-state index contributed by atoms with van der Waals surface area (Å²) in [6.45, 7) is 4.57. The lowest BCUT2D eigenvalue weighted by atomic mass is 10.0. The lowest BCUT2D eigenvalue weighted by Crippen LogP contribution is -2.45. The van der Waals surface area contributed by atoms with Gasteiger partial charge in [-0.1, -0.05) is 30.3 Å². The van der Waals surface area contributed by atoms with E-state index in [1.165, 1.54) is 12.8 Å². The van der Waals surface area contributed by atoms with Gasteiger partial charge < -0.3 is 9.64 Å². The summed E-state index contributed by atoms with van der Waals surface area (Å²) in [5.74, 6) is 1.92. The Balaban J connectivity index is 1.63. The molecule has 1 saturated heterocycles. The lowest BCUT2D eigenvalue weighted by molar-refractivity contribution is -0.138. The van der Waals surface area contributed by atoms with Gasteiger partial charge in [0.1, 0.15) is 11.9 Å². The Hall–Kier alpha value is -2.25. The number of rotatable bonds is 7. The molecule has 7 heteroatoms. The second-order valence-corrected chi connectivity index (χ2v) is 7.34. The molecule has 1 fully saturated rings. The van der Waals surface area contributed by atoms with Gasteiger partial charge in [-0.15, -0.1) is 10.2 Å². The van der Waals surface area contributed by atoms with Gasteiger partial charge in [0.2, 0.25) is 5.91 Å². The highest BCUT2D eigenvalue weighted by Crippen LogP contribution is 2.27. The maximum Gasteiger partial charge on any atom is 0.246 e. The minimum Gasteiger partial charge on any atom is -0.383 e. The first-order valence-corrected chi connectivity index (χ1v) is 9.73. The second-order valence-electron chi connectivity index (χ2n) is 7.34. The van der Waals surface area contributed by atoms with Crippen LogP contribution in [0.15, 0.2) is 30.3 Å². The summed E-state index contributed by atoms with van der Waals surface area (Å²) in [5, 5.41) is 8.90. The van der Waals surface area contributed by atoms with Gasteiger partial charge >= 0.3 is 0 Å². The Labute approximate surface area is 159 Å². The van der Waals surface area contributed by atoms with E-state index in [1.807, 2.05) is 23.1 Å². The Morgan fingerprint density at radius 3 is 2.67 bits per heavy atom. The number of nitrogens with zero attached hydrogens (tertiary/aromatic N) is 5. The van der Waals surface area contributed by atoms with Gasteiger partial charge in [-0.05, 0) is 31.5 Å². The number of amides is 1. The van der Waals surface area contributed by atoms with Crippen LogP contribution in [0.1, 0.15) is 36.1 Å². The third-order valence-corrected chi connectivity index (χ3v) is 5.48. The highest BCUT2D eigenvalue weighted by molar-refractivity contribution is 5.82. The molecule has 4 rings (SSSR count). The summed E-state index contributed by atoms with van der Waals surface area (Å²) in [5.41, 5.74) is 1.15. The largest absolute Gasteiger partial charge is 0.383 e. The summed E-state index contributed by atoms with van der Waals surface area (Å²) < 4.78 is 7.28. The first-order valence-electron chi connectivity index (χ1n) is 9.73. The van der Waals surface area contributed by atoms with E-state index >= 15 is 0 Å². The molecule has 0 N–H and O–H groups in total. The van der Waals surface area contributed by atoms with Crippen LogP contribution in [0.4, 0.5) is 0 Å². The predicted octanol–water partition coefficient (Wildman–Crippen LogP) is 1.65. The molecule has 0 aliphatic carbocycles. The third kappa shape index (κ3) is 3.89. The van der Waals surface area contributed by atoms with Gasteiger partial charge in [0.25, 0.3) is 0 Å². The fraction of sp³-hybridized carbons (Fsp3) is 0.550. The van der Waals surface area contributed by atoms with E-state index in [2.05, 4.69) is 31.8 Å². The lowest BCUT2D eigenvalue weighted by Gasteiger charge is -2.34. The third-order valence-electron chi connectivity index (χ3n) is 5.48. The number of aromatic nitrogens is 3. The van der Waals surface area contributed by atoms with Gasteiger partial charge in [-0.2, -0.15) is 0 Å². The van der Waals surface area contributed by atoms with Crippen LogP contribution in [0.3, 0.4) is 0 Å². The zero-order chi connectivity index (χ0) is 18.6. The topological polar surface area (TPSA) is 63.5 Å². The highest BCUT2D eigenvalue weighted by atomic mass is 16.5. The summed E-state index contributed by atoms with van der Waals surface area (Å²) in [7, 11) is 1.66. The fourth-order valence-corrected chi connectivity index (χ4v) is 4.05. The number of carbonyl (C=O) groups excluding carboxylic acids is 1. The summed E-state index contributed by atoms with van der Waals surface area (Å²) in [6.07, 6.45) is 3.12. The van der Waals surface area contributed by atoms with E-state index in [4.69, 9.17) is 4.74 Å². The molecule has 0 bridgehead atoms. The molecular weight excluding hydrogens is 342 g/mol. The number of hydrogen-bond donors (Lipinski definition) is 0. The normalized spacial score (nSPS) is 20.3. The van der Waals surface area contributed by atoms with Crippen LogP contribution in [0.25, 0.3) is 0 Å². The quantitative estimate of drug-likeness (QED) is 0.743. The van der Waals surface area contributed by atoms with Crippen molar-refractivity contribution in [2.75, 3.05) is 33.4 Å². The van der Waals surface area contributed by atoms with E-state index in [9.17, 15) is 4.79 Å². The van der Waals surface area contributed by atoms with Gasteiger partial charge in [0, 0.05) is 20.1 Å². The number of ether oxygens (including phenoxy) is 1. The van der Waals surface area contributed by atoms with Crippen molar-refractivity contribution in [3.63, 3.8) is 0 Å². The van der Waals surface area contributed by atoms with E-state index in [-0.39, 0.29) is 11.9 Å². The van der Waals surface area contributed by atoms with E-state index in [0.717, 1.165) is 36.8 Å². The molecule has 1 amide bonds. The minimum atomic E-state index is -0.291. The molecule has 7 nitrogen and oxygen atoms in total. The average Bonchev–Trinajstić information content (AvgIpc) is 3.34. The molecule has 2 aliphatic rings. The summed E-state index contributed by atoms with van der Waals surface area (Å²) in [6, 6.07) is 9.89. The second kappa shape index (κ2) is 8.19. The number of benzene rings is 1. The zero-order valence-electron chi connectivity index (χ0n) is 15.9. The van der Waals surface area contributed by atoms with Crippen molar-refractivity contribution >= 4 is 5.91 Å². The molecule has 0 saturated carbocycles. The highest BCUT2D eigenvalue weighted by Gasteiger charge is 2.36. The van der Waals surface area contributed by atoms with E-state index in [1.54, 1.807) is 7.11 Å². The Morgan fingerprint density at radius 2 is 1.93 bits per heavy atom. The number of carbonyl (C=O) groups is 1. The summed E-state index contributed by atoms with van der Waals surface area (Å²) in [4.78, 5) is 17.5. The predicted molar refractivity (Wildman–Crippen MR) is 101 cm³/mol. The molecule has 1 aromatic carbocycles. The van der Waals surface area contributed by atoms with Crippen LogP contribution in [-0.4, -0.2) is 63.8 Å². The smallest absolute Gasteiger partial charge is 0.246 e. The van der Waals surface area contributed by atoms with E-state index < -0.39 is 0 Å². The van der Waals surface area contributed by atoms with Gasteiger partial charge in [0.15, 0.2) is 5.82 Å². The Bertz CT molecular complexity index is 770. The molecular formula is C20H27N5O2. The van der Waals surface area contributed by atoms with Crippen LogP contribution < -0.4 is 0 Å². The molecule has 3 heterocycles. The molecule has 0 unspecified atom stereocenters. The van der Waals surface area contributed by atoms with Gasteiger partial charge in [-0.3, -0.25) is 14.3 Å². The SMILES string of the molecule is COCCN1Cc2nnc(CN3CCCC3)n2[C@H](Cc2ccccc2)C1=O. The number of methoxy groups -OCH3 is 1. The monoisotopic (exact) mass is 369 g/mol. The molecule has 1 atom stereocenters. The first-order chi connectivity index (χ1) is 13.3. The van der Waals surface area contributed by atoms with Crippen molar-refractivity contribution in [3.05, 3.63) is 47.5 Å². The van der Waals surface area contributed by atoms with Crippen LogP contribution in [0, 0.1) is 0 Å². The molecule has 0 spiro atoms. The van der Waals surface area contributed by atoms with Crippen molar-refractivity contribution in [2.24, 2.45) is 0 Å². The molecule has 144 valence electrons. The zero-order valence-corrected chi connectivity index (χ0v) is 15.9. The number of fused-ring (bicyclic) bond motifs is 1. The number of likely N-dealkylation sites (tertiary alicyclic amines) is 1. The van der Waals surface area contributed by atoms with Crippen molar-refractivity contribution in [1.82, 2.24) is 24.6 Å². The summed E-state index contributed by atoms with van der Waals surface area (Å²) >= 11 is 0. The Morgan fingerprint density at radius 1 is 1.15 bits per heavy atom. The van der Waals surface area contributed by atoms with Crippen molar-refractivity contribution < 1.29 is 9.53 Å². The van der Waals surface area contributed by atoms with Crippen molar-refractivity contribution in [1.29, 1.82) is 0 Å². The first kappa shape index (κ1) is 18.1.